The Kier molecular flexibility index (Phi) is 3.64. The maximum atomic E-state index is 9.73. The van der Waals surface area contributed by atoms with Gasteiger partial charge >= 0.3 is 0 Å². The van der Waals surface area contributed by atoms with Gasteiger partial charge in [-0.3, -0.25) is 0 Å². The summed E-state index contributed by atoms with van der Waals surface area (Å²) in [4.78, 5) is 0. The van der Waals surface area contributed by atoms with Gasteiger partial charge in [0.2, 0.25) is 0 Å². The molecular weight excluding hydrogens is 218 g/mol. The first-order valence-electron chi connectivity index (χ1n) is 5.85. The Labute approximate surface area is 101 Å². The predicted octanol–water partition coefficient (Wildman–Crippen LogP) is 2.18. The molecular formula is C13H17NO3. The van der Waals surface area contributed by atoms with Crippen molar-refractivity contribution < 1.29 is 15.1 Å². The number of ether oxygens (including phenoxy) is 1. The average Bonchev–Trinajstić information content (AvgIpc) is 2.75. The highest BCUT2D eigenvalue weighted by molar-refractivity contribution is 6.00. The number of para-hydroxylation sites is 1. The van der Waals surface area contributed by atoms with Crippen LogP contribution in [0.15, 0.2) is 29.4 Å². The molecule has 1 aromatic carbocycles. The molecule has 1 aromatic rings. The monoisotopic (exact) mass is 235 g/mol. The molecule has 2 unspecified atom stereocenters. The van der Waals surface area contributed by atoms with Crippen molar-refractivity contribution in [3.63, 3.8) is 0 Å². The van der Waals surface area contributed by atoms with E-state index < -0.39 is 6.10 Å². The van der Waals surface area contributed by atoms with Crippen LogP contribution in [0.25, 0.3) is 0 Å². The van der Waals surface area contributed by atoms with E-state index in [4.69, 9.17) is 9.94 Å². The lowest BCUT2D eigenvalue weighted by molar-refractivity contribution is 0.0603. The predicted molar refractivity (Wildman–Crippen MR) is 64.7 cm³/mol. The normalized spacial score (nSPS) is 24.9. The molecule has 2 atom stereocenters. The van der Waals surface area contributed by atoms with Gasteiger partial charge in [0.1, 0.15) is 11.9 Å². The molecule has 0 bridgehead atoms. The molecule has 0 amide bonds. The number of aliphatic hydroxyl groups is 1. The van der Waals surface area contributed by atoms with Crippen LogP contribution in [-0.2, 0) is 0 Å². The number of rotatable bonds is 3. The van der Waals surface area contributed by atoms with E-state index in [1.807, 2.05) is 24.3 Å². The zero-order chi connectivity index (χ0) is 12.3. The second-order valence-electron chi connectivity index (χ2n) is 4.34. The van der Waals surface area contributed by atoms with Crippen LogP contribution in [-0.4, -0.2) is 28.2 Å². The summed E-state index contributed by atoms with van der Waals surface area (Å²) in [6.07, 6.45) is 2.10. The van der Waals surface area contributed by atoms with Crippen molar-refractivity contribution >= 4 is 5.71 Å². The summed E-state index contributed by atoms with van der Waals surface area (Å²) in [5.41, 5.74) is 1.27. The molecule has 0 radical (unpaired) electrons. The van der Waals surface area contributed by atoms with E-state index in [1.165, 1.54) is 0 Å². The zero-order valence-electron chi connectivity index (χ0n) is 9.84. The molecule has 2 N–H and O–H groups in total. The van der Waals surface area contributed by atoms with Gasteiger partial charge in [-0.2, -0.15) is 0 Å². The van der Waals surface area contributed by atoms with Crippen molar-refractivity contribution in [2.75, 3.05) is 0 Å². The molecule has 2 rings (SSSR count). The maximum Gasteiger partial charge on any atom is 0.129 e. The standard InChI is InChI=1S/C13H17NO3/c1-9(14-16)10-5-2-3-7-12(10)17-13-8-4-6-11(13)15/h2-3,5,7,11,13,15-16H,4,6,8H2,1H3/b14-9+. The third-order valence-corrected chi connectivity index (χ3v) is 3.12. The zero-order valence-corrected chi connectivity index (χ0v) is 9.84. The van der Waals surface area contributed by atoms with E-state index in [9.17, 15) is 5.11 Å². The fraction of sp³-hybridized carbons (Fsp3) is 0.462. The number of aliphatic hydroxyl groups excluding tert-OH is 1. The maximum absolute atomic E-state index is 9.73. The molecule has 1 saturated carbocycles. The van der Waals surface area contributed by atoms with E-state index in [-0.39, 0.29) is 6.10 Å². The number of nitrogens with zero attached hydrogens (tertiary/aromatic N) is 1. The Balaban J connectivity index is 2.20. The van der Waals surface area contributed by atoms with Gasteiger partial charge in [0, 0.05) is 5.56 Å². The minimum Gasteiger partial charge on any atom is -0.487 e. The van der Waals surface area contributed by atoms with Gasteiger partial charge in [-0.1, -0.05) is 17.3 Å². The summed E-state index contributed by atoms with van der Waals surface area (Å²) in [6.45, 7) is 1.72. The van der Waals surface area contributed by atoms with E-state index in [0.717, 1.165) is 24.8 Å². The van der Waals surface area contributed by atoms with Crippen molar-refractivity contribution in [2.24, 2.45) is 5.16 Å². The molecule has 1 fully saturated rings. The Bertz CT molecular complexity index is 417. The van der Waals surface area contributed by atoms with E-state index >= 15 is 0 Å². The largest absolute Gasteiger partial charge is 0.487 e. The Morgan fingerprint density at radius 2 is 2.12 bits per heavy atom. The first-order chi connectivity index (χ1) is 8.22. The molecule has 0 saturated heterocycles. The van der Waals surface area contributed by atoms with Crippen LogP contribution in [0.1, 0.15) is 31.7 Å². The molecule has 4 heteroatoms. The smallest absolute Gasteiger partial charge is 0.129 e. The molecule has 1 aliphatic rings. The summed E-state index contributed by atoms with van der Waals surface area (Å²) in [7, 11) is 0. The lowest BCUT2D eigenvalue weighted by Gasteiger charge is -2.19. The molecule has 0 heterocycles. The van der Waals surface area contributed by atoms with Crippen LogP contribution < -0.4 is 4.74 Å². The summed E-state index contributed by atoms with van der Waals surface area (Å²) in [6, 6.07) is 7.40. The van der Waals surface area contributed by atoms with E-state index in [0.29, 0.717) is 11.5 Å². The third kappa shape index (κ3) is 2.58. The van der Waals surface area contributed by atoms with Crippen molar-refractivity contribution in [1.82, 2.24) is 0 Å². The Hall–Kier alpha value is -1.55. The van der Waals surface area contributed by atoms with Crippen molar-refractivity contribution in [3.05, 3.63) is 29.8 Å². The first-order valence-corrected chi connectivity index (χ1v) is 5.85. The van der Waals surface area contributed by atoms with Gasteiger partial charge in [-0.05, 0) is 38.3 Å². The van der Waals surface area contributed by atoms with Crippen LogP contribution in [0.5, 0.6) is 5.75 Å². The molecule has 4 nitrogen and oxygen atoms in total. The highest BCUT2D eigenvalue weighted by Crippen LogP contribution is 2.27. The lowest BCUT2D eigenvalue weighted by atomic mass is 10.1. The minimum absolute atomic E-state index is 0.150. The molecule has 0 spiro atoms. The second kappa shape index (κ2) is 5.19. The summed E-state index contributed by atoms with van der Waals surface area (Å²) in [5.74, 6) is 0.661. The average molecular weight is 235 g/mol. The molecule has 0 aromatic heterocycles. The number of hydrogen-bond acceptors (Lipinski definition) is 4. The van der Waals surface area contributed by atoms with Crippen LogP contribution >= 0.6 is 0 Å². The SMILES string of the molecule is C/C(=N\O)c1ccccc1OC1CCCC1O. The summed E-state index contributed by atoms with van der Waals surface area (Å²) >= 11 is 0. The summed E-state index contributed by atoms with van der Waals surface area (Å²) in [5, 5.41) is 21.7. The van der Waals surface area contributed by atoms with Gasteiger partial charge in [-0.15, -0.1) is 0 Å². The van der Waals surface area contributed by atoms with Gasteiger partial charge in [-0.25, -0.2) is 0 Å². The van der Waals surface area contributed by atoms with Crippen molar-refractivity contribution in [2.45, 2.75) is 38.4 Å². The molecule has 92 valence electrons. The lowest BCUT2D eigenvalue weighted by Crippen LogP contribution is -2.26. The fourth-order valence-electron chi connectivity index (χ4n) is 2.13. The van der Waals surface area contributed by atoms with Gasteiger partial charge in [0.05, 0.1) is 11.8 Å². The molecule has 17 heavy (non-hydrogen) atoms. The quantitative estimate of drug-likeness (QED) is 0.479. The first kappa shape index (κ1) is 11.9. The highest BCUT2D eigenvalue weighted by atomic mass is 16.5. The fourth-order valence-corrected chi connectivity index (χ4v) is 2.13. The summed E-state index contributed by atoms with van der Waals surface area (Å²) < 4.78 is 5.80. The highest BCUT2D eigenvalue weighted by Gasteiger charge is 2.27. The van der Waals surface area contributed by atoms with Crippen molar-refractivity contribution in [3.8, 4) is 5.75 Å². The second-order valence-corrected chi connectivity index (χ2v) is 4.34. The Morgan fingerprint density at radius 1 is 1.35 bits per heavy atom. The third-order valence-electron chi connectivity index (χ3n) is 3.12. The number of benzene rings is 1. The van der Waals surface area contributed by atoms with E-state index in [2.05, 4.69) is 5.16 Å². The van der Waals surface area contributed by atoms with Gasteiger partial charge < -0.3 is 15.1 Å². The van der Waals surface area contributed by atoms with Crippen LogP contribution in [0, 0.1) is 0 Å². The van der Waals surface area contributed by atoms with Gasteiger partial charge in [0.15, 0.2) is 0 Å². The van der Waals surface area contributed by atoms with Crippen LogP contribution in [0.4, 0.5) is 0 Å². The minimum atomic E-state index is -0.394. The van der Waals surface area contributed by atoms with Crippen molar-refractivity contribution in [1.29, 1.82) is 0 Å². The van der Waals surface area contributed by atoms with Crippen LogP contribution in [0.2, 0.25) is 0 Å². The van der Waals surface area contributed by atoms with E-state index in [1.54, 1.807) is 6.92 Å². The number of hydrogen-bond donors (Lipinski definition) is 2. The Morgan fingerprint density at radius 3 is 2.76 bits per heavy atom. The van der Waals surface area contributed by atoms with Crippen LogP contribution in [0.3, 0.4) is 0 Å². The molecule has 0 aliphatic heterocycles. The topological polar surface area (TPSA) is 62.1 Å². The number of oxime groups is 1. The van der Waals surface area contributed by atoms with Gasteiger partial charge in [0.25, 0.3) is 0 Å². The molecule has 1 aliphatic carbocycles.